The second-order valence-electron chi connectivity index (χ2n) is 5.25. The van der Waals surface area contributed by atoms with Crippen LogP contribution in [0.2, 0.25) is 0 Å². The lowest BCUT2D eigenvalue weighted by Gasteiger charge is -2.42. The molecule has 0 aliphatic carbocycles. The van der Waals surface area contributed by atoms with Crippen molar-refractivity contribution in [3.05, 3.63) is 0 Å². The van der Waals surface area contributed by atoms with Gasteiger partial charge in [-0.2, -0.15) is 0 Å². The molecular formula is C12H22N4O7. The third kappa shape index (κ3) is 5.03. The molecular weight excluding hydrogens is 312 g/mol. The first-order valence-corrected chi connectivity index (χ1v) is 6.88. The molecule has 6 atom stereocenters. The maximum Gasteiger partial charge on any atom is 0.332 e. The number of nitrogens with one attached hydrogen (secondary N) is 1. The summed E-state index contributed by atoms with van der Waals surface area (Å²) in [5.74, 6) is -2.12. The Morgan fingerprint density at radius 2 is 2.00 bits per heavy atom. The molecule has 9 N–H and O–H groups in total. The van der Waals surface area contributed by atoms with Crippen LogP contribution < -0.4 is 16.8 Å². The van der Waals surface area contributed by atoms with E-state index < -0.39 is 55.0 Å². The Bertz CT molecular complexity index is 468. The van der Waals surface area contributed by atoms with Crippen LogP contribution in [-0.4, -0.2) is 81.4 Å². The Hall–Kier alpha value is -1.95. The van der Waals surface area contributed by atoms with Crippen molar-refractivity contribution >= 4 is 17.8 Å². The number of aliphatic carboxylic acids is 1. The second-order valence-corrected chi connectivity index (χ2v) is 5.25. The van der Waals surface area contributed by atoms with E-state index in [-0.39, 0.29) is 12.4 Å². The SMILES string of the molecule is CC(=O)N[C@H]1[C@H]([C@H](O)[C@H](O)CO)O[C@@H](C(=O)O)C[C@@H]1N=C(N)N. The standard InChI is InChI=1S/C12H22N4O7/c1-4(18)15-8-5(16-12(13)14)2-7(11(21)22)23-10(8)9(20)6(19)3-17/h5-10,17,19-20H,2-3H2,1H3,(H,15,18)(H,21,22)(H4,13,14,16)/t5-,6+,7+,8+,9+,10+/m0/s1. The van der Waals surface area contributed by atoms with Crippen LogP contribution >= 0.6 is 0 Å². The molecule has 0 bridgehead atoms. The molecule has 0 unspecified atom stereocenters. The Morgan fingerprint density at radius 1 is 1.39 bits per heavy atom. The topological polar surface area (TPSA) is 201 Å². The first-order valence-electron chi connectivity index (χ1n) is 6.88. The Labute approximate surface area is 131 Å². The van der Waals surface area contributed by atoms with Gasteiger partial charge in [0.05, 0.1) is 18.7 Å². The number of hydrogen-bond donors (Lipinski definition) is 7. The molecule has 0 aromatic rings. The number of guanidine groups is 1. The zero-order chi connectivity index (χ0) is 17.7. The minimum absolute atomic E-state index is 0.142. The van der Waals surface area contributed by atoms with Crippen LogP contribution in [0.1, 0.15) is 13.3 Å². The zero-order valence-corrected chi connectivity index (χ0v) is 12.5. The van der Waals surface area contributed by atoms with Crippen LogP contribution in [0.25, 0.3) is 0 Å². The average Bonchev–Trinajstić information content (AvgIpc) is 2.45. The number of carboxylic acids is 1. The molecule has 1 aliphatic heterocycles. The number of carbonyl (C=O) groups excluding carboxylic acids is 1. The fourth-order valence-corrected chi connectivity index (χ4v) is 2.43. The van der Waals surface area contributed by atoms with E-state index in [1.807, 2.05) is 0 Å². The minimum atomic E-state index is -1.66. The Kier molecular flexibility index (Phi) is 6.69. The summed E-state index contributed by atoms with van der Waals surface area (Å²) in [6, 6.07) is -1.87. The lowest BCUT2D eigenvalue weighted by atomic mass is 9.88. The molecule has 1 heterocycles. The number of nitrogens with zero attached hydrogens (tertiary/aromatic N) is 1. The minimum Gasteiger partial charge on any atom is -0.479 e. The predicted molar refractivity (Wildman–Crippen MR) is 77.2 cm³/mol. The van der Waals surface area contributed by atoms with Gasteiger partial charge in [-0.05, 0) is 0 Å². The van der Waals surface area contributed by atoms with Crippen LogP contribution in [0.15, 0.2) is 4.99 Å². The first kappa shape index (κ1) is 19.1. The summed E-state index contributed by atoms with van der Waals surface area (Å²) in [6.45, 7) is 0.431. The number of nitrogens with two attached hydrogens (primary N) is 2. The van der Waals surface area contributed by atoms with Gasteiger partial charge in [0.25, 0.3) is 0 Å². The molecule has 1 fully saturated rings. The van der Waals surface area contributed by atoms with Crippen LogP contribution in [0.3, 0.4) is 0 Å². The van der Waals surface area contributed by atoms with Crippen molar-refractivity contribution < 1.29 is 34.8 Å². The smallest absolute Gasteiger partial charge is 0.332 e. The van der Waals surface area contributed by atoms with Gasteiger partial charge in [0.15, 0.2) is 12.1 Å². The molecule has 1 amide bonds. The predicted octanol–water partition coefficient (Wildman–Crippen LogP) is -3.91. The van der Waals surface area contributed by atoms with Gasteiger partial charge < -0.3 is 41.9 Å². The van der Waals surface area contributed by atoms with Crippen molar-refractivity contribution in [2.24, 2.45) is 16.5 Å². The summed E-state index contributed by atoms with van der Waals surface area (Å²) in [5.41, 5.74) is 10.6. The van der Waals surface area contributed by atoms with Crippen molar-refractivity contribution in [2.45, 2.75) is 49.8 Å². The van der Waals surface area contributed by atoms with E-state index in [4.69, 9.17) is 26.4 Å². The zero-order valence-electron chi connectivity index (χ0n) is 12.5. The summed E-state index contributed by atoms with van der Waals surface area (Å²) in [4.78, 5) is 26.5. The van der Waals surface area contributed by atoms with E-state index in [0.717, 1.165) is 0 Å². The molecule has 11 nitrogen and oxygen atoms in total. The molecule has 0 aromatic carbocycles. The number of aliphatic hydroxyl groups is 3. The summed E-state index contributed by atoms with van der Waals surface area (Å²) < 4.78 is 5.27. The average molecular weight is 334 g/mol. The fraction of sp³-hybridized carbons (Fsp3) is 0.750. The van der Waals surface area contributed by atoms with Crippen LogP contribution in [0, 0.1) is 0 Å². The lowest BCUT2D eigenvalue weighted by molar-refractivity contribution is -0.182. The van der Waals surface area contributed by atoms with Gasteiger partial charge >= 0.3 is 5.97 Å². The van der Waals surface area contributed by atoms with Gasteiger partial charge in [-0.15, -0.1) is 0 Å². The second kappa shape index (κ2) is 8.06. The quantitative estimate of drug-likeness (QED) is 0.187. The monoisotopic (exact) mass is 334 g/mol. The Morgan fingerprint density at radius 3 is 2.43 bits per heavy atom. The summed E-state index contributed by atoms with van der Waals surface area (Å²) >= 11 is 0. The highest BCUT2D eigenvalue weighted by Gasteiger charge is 2.46. The maximum atomic E-state index is 11.4. The summed E-state index contributed by atoms with van der Waals surface area (Å²) in [5, 5.41) is 40.3. The van der Waals surface area contributed by atoms with Crippen molar-refractivity contribution in [2.75, 3.05) is 6.61 Å². The van der Waals surface area contributed by atoms with Gasteiger partial charge in [0, 0.05) is 13.3 Å². The number of hydrogen-bond acceptors (Lipinski definition) is 7. The third-order valence-corrected chi connectivity index (χ3v) is 3.42. The number of carbonyl (C=O) groups is 2. The van der Waals surface area contributed by atoms with Crippen molar-refractivity contribution in [1.29, 1.82) is 0 Å². The molecule has 0 saturated carbocycles. The number of ether oxygens (including phenoxy) is 1. The highest BCUT2D eigenvalue weighted by Crippen LogP contribution is 2.26. The highest BCUT2D eigenvalue weighted by atomic mass is 16.5. The van der Waals surface area contributed by atoms with Gasteiger partial charge in [-0.1, -0.05) is 0 Å². The van der Waals surface area contributed by atoms with E-state index >= 15 is 0 Å². The summed E-state index contributed by atoms with van der Waals surface area (Å²) in [6.07, 6.45) is -6.07. The van der Waals surface area contributed by atoms with Gasteiger partial charge in [-0.3, -0.25) is 4.79 Å². The van der Waals surface area contributed by atoms with Crippen LogP contribution in [-0.2, 0) is 14.3 Å². The number of rotatable bonds is 6. The molecule has 0 aromatic heterocycles. The maximum absolute atomic E-state index is 11.4. The molecule has 23 heavy (non-hydrogen) atoms. The van der Waals surface area contributed by atoms with Crippen LogP contribution in [0.5, 0.6) is 0 Å². The normalized spacial score (nSPS) is 30.1. The van der Waals surface area contributed by atoms with E-state index in [2.05, 4.69) is 10.3 Å². The molecule has 11 heteroatoms. The molecule has 132 valence electrons. The molecule has 1 aliphatic rings. The van der Waals surface area contributed by atoms with Crippen molar-refractivity contribution in [1.82, 2.24) is 5.32 Å². The number of aliphatic imine (C=N–C) groups is 1. The van der Waals surface area contributed by atoms with E-state index in [1.165, 1.54) is 6.92 Å². The van der Waals surface area contributed by atoms with Crippen molar-refractivity contribution in [3.63, 3.8) is 0 Å². The molecule has 1 saturated heterocycles. The van der Waals surface area contributed by atoms with Crippen LogP contribution in [0.4, 0.5) is 0 Å². The van der Waals surface area contributed by atoms with Gasteiger partial charge in [0.1, 0.15) is 18.3 Å². The fourth-order valence-electron chi connectivity index (χ4n) is 2.43. The summed E-state index contributed by atoms with van der Waals surface area (Å²) in [7, 11) is 0. The van der Waals surface area contributed by atoms with Crippen molar-refractivity contribution in [3.8, 4) is 0 Å². The molecule has 0 spiro atoms. The largest absolute Gasteiger partial charge is 0.479 e. The van der Waals surface area contributed by atoms with E-state index in [1.54, 1.807) is 0 Å². The first-order chi connectivity index (χ1) is 10.7. The lowest BCUT2D eigenvalue weighted by Crippen LogP contribution is -2.63. The number of amides is 1. The van der Waals surface area contributed by atoms with E-state index in [0.29, 0.717) is 0 Å². The number of carboxylic acid groups (broad SMARTS) is 1. The Balaban J connectivity index is 3.18. The molecule has 1 rings (SSSR count). The highest BCUT2D eigenvalue weighted by molar-refractivity contribution is 5.77. The van der Waals surface area contributed by atoms with Gasteiger partial charge in [0.2, 0.25) is 5.91 Å². The molecule has 0 radical (unpaired) electrons. The third-order valence-electron chi connectivity index (χ3n) is 3.42. The van der Waals surface area contributed by atoms with E-state index in [9.17, 15) is 19.8 Å². The van der Waals surface area contributed by atoms with Gasteiger partial charge in [-0.25, -0.2) is 9.79 Å². The number of aliphatic hydroxyl groups excluding tert-OH is 3.